The largest absolute Gasteiger partial charge is 0.322 e. The third-order valence-corrected chi connectivity index (χ3v) is 5.42. The lowest BCUT2D eigenvalue weighted by Gasteiger charge is -2.18. The lowest BCUT2D eigenvalue weighted by Crippen LogP contribution is -2.31. The third-order valence-electron chi connectivity index (χ3n) is 4.18. The number of amides is 1. The predicted octanol–water partition coefficient (Wildman–Crippen LogP) is 5.07. The van der Waals surface area contributed by atoms with Crippen molar-refractivity contribution < 1.29 is 4.79 Å². The molecule has 6 heteroatoms. The maximum absolute atomic E-state index is 12.4. The molecule has 3 rings (SSSR count). The van der Waals surface area contributed by atoms with Crippen LogP contribution in [0.4, 0.5) is 5.69 Å². The molecule has 0 aliphatic rings. The second-order valence-corrected chi connectivity index (χ2v) is 7.55. The number of carbonyl (C=O) groups excluding carboxylic acids is 1. The molecule has 0 fully saturated rings. The van der Waals surface area contributed by atoms with Crippen LogP contribution < -0.4 is 10.6 Å². The van der Waals surface area contributed by atoms with Gasteiger partial charge in [-0.1, -0.05) is 55.3 Å². The van der Waals surface area contributed by atoms with Gasteiger partial charge in [-0.15, -0.1) is 11.3 Å². The second-order valence-electron chi connectivity index (χ2n) is 6.21. The van der Waals surface area contributed by atoms with Crippen molar-refractivity contribution in [2.75, 3.05) is 11.9 Å². The van der Waals surface area contributed by atoms with Crippen molar-refractivity contribution in [2.24, 2.45) is 0 Å². The van der Waals surface area contributed by atoms with Crippen molar-refractivity contribution in [3.05, 3.63) is 81.3 Å². The Hall–Kier alpha value is -2.21. The Balaban J connectivity index is 1.69. The van der Waals surface area contributed by atoms with Crippen LogP contribution in [-0.2, 0) is 11.2 Å². The van der Waals surface area contributed by atoms with Crippen LogP contribution in [0.2, 0.25) is 5.15 Å². The average molecular weight is 400 g/mol. The van der Waals surface area contributed by atoms with Crippen LogP contribution in [0.5, 0.6) is 0 Å². The Morgan fingerprint density at radius 3 is 2.67 bits per heavy atom. The minimum absolute atomic E-state index is 0.0317. The van der Waals surface area contributed by atoms with E-state index in [-0.39, 0.29) is 23.6 Å². The van der Waals surface area contributed by atoms with E-state index in [0.717, 1.165) is 18.4 Å². The van der Waals surface area contributed by atoms with E-state index in [1.807, 2.05) is 11.4 Å². The molecule has 1 amide bonds. The topological polar surface area (TPSA) is 54.0 Å². The molecule has 0 saturated carbocycles. The highest BCUT2D eigenvalue weighted by Crippen LogP contribution is 2.26. The van der Waals surface area contributed by atoms with Crippen molar-refractivity contribution in [1.82, 2.24) is 10.3 Å². The molecule has 0 aliphatic carbocycles. The standard InChI is InChI=1S/C21H22ClN3OS/c1-2-5-15-8-10-16(11-9-15)20(18-7-4-13-27-18)24-14-19(26)25-17-6-3-12-23-21(17)22/h3-4,6-13,20,24H,2,5,14H2,1H3,(H,25,26)/t20-/m1/s1. The van der Waals surface area contributed by atoms with Crippen LogP contribution in [0.3, 0.4) is 0 Å². The zero-order valence-electron chi connectivity index (χ0n) is 15.1. The number of anilines is 1. The highest BCUT2D eigenvalue weighted by Gasteiger charge is 2.16. The minimum Gasteiger partial charge on any atom is -0.322 e. The van der Waals surface area contributed by atoms with Gasteiger partial charge in [-0.25, -0.2) is 4.98 Å². The molecule has 2 N–H and O–H groups in total. The van der Waals surface area contributed by atoms with Gasteiger partial charge in [0.05, 0.1) is 18.3 Å². The molecule has 0 bridgehead atoms. The molecule has 4 nitrogen and oxygen atoms in total. The number of benzene rings is 1. The van der Waals surface area contributed by atoms with Gasteiger partial charge >= 0.3 is 0 Å². The van der Waals surface area contributed by atoms with Crippen LogP contribution in [-0.4, -0.2) is 17.4 Å². The molecular weight excluding hydrogens is 378 g/mol. The smallest absolute Gasteiger partial charge is 0.238 e. The first-order valence-electron chi connectivity index (χ1n) is 8.93. The summed E-state index contributed by atoms with van der Waals surface area (Å²) in [5.74, 6) is -0.158. The van der Waals surface area contributed by atoms with Crippen LogP contribution in [0, 0.1) is 0 Å². The van der Waals surface area contributed by atoms with Gasteiger partial charge in [-0.2, -0.15) is 0 Å². The molecule has 2 aromatic heterocycles. The van der Waals surface area contributed by atoms with E-state index in [1.54, 1.807) is 29.7 Å². The zero-order chi connectivity index (χ0) is 19.1. The van der Waals surface area contributed by atoms with E-state index in [9.17, 15) is 4.79 Å². The van der Waals surface area contributed by atoms with Crippen molar-refractivity contribution >= 4 is 34.5 Å². The molecule has 0 spiro atoms. The number of rotatable bonds is 8. The van der Waals surface area contributed by atoms with E-state index in [1.165, 1.54) is 10.4 Å². The molecular formula is C21H22ClN3OS. The number of nitrogens with one attached hydrogen (secondary N) is 2. The van der Waals surface area contributed by atoms with Gasteiger partial charge in [0.15, 0.2) is 5.15 Å². The highest BCUT2D eigenvalue weighted by atomic mass is 35.5. The maximum Gasteiger partial charge on any atom is 0.238 e. The minimum atomic E-state index is -0.158. The van der Waals surface area contributed by atoms with Gasteiger partial charge in [0.2, 0.25) is 5.91 Å². The predicted molar refractivity (Wildman–Crippen MR) is 112 cm³/mol. The SMILES string of the molecule is CCCc1ccc([C@@H](NCC(=O)Nc2cccnc2Cl)c2cccs2)cc1. The van der Waals surface area contributed by atoms with Crippen molar-refractivity contribution in [1.29, 1.82) is 0 Å². The van der Waals surface area contributed by atoms with Crippen LogP contribution in [0.15, 0.2) is 60.1 Å². The third kappa shape index (κ3) is 5.39. The van der Waals surface area contributed by atoms with Gasteiger partial charge in [0.1, 0.15) is 0 Å². The van der Waals surface area contributed by atoms with E-state index >= 15 is 0 Å². The summed E-state index contributed by atoms with van der Waals surface area (Å²) in [5.41, 5.74) is 2.99. The Morgan fingerprint density at radius 1 is 1.19 bits per heavy atom. The number of pyridine rings is 1. The summed E-state index contributed by atoms with van der Waals surface area (Å²) in [7, 11) is 0. The summed E-state index contributed by atoms with van der Waals surface area (Å²) in [4.78, 5) is 17.5. The Bertz CT molecular complexity index is 865. The first-order chi connectivity index (χ1) is 13.2. The molecule has 0 aliphatic heterocycles. The summed E-state index contributed by atoms with van der Waals surface area (Å²) in [6.45, 7) is 2.35. The molecule has 0 unspecified atom stereocenters. The van der Waals surface area contributed by atoms with Crippen molar-refractivity contribution in [3.8, 4) is 0 Å². The van der Waals surface area contributed by atoms with E-state index in [2.05, 4.69) is 52.9 Å². The summed E-state index contributed by atoms with van der Waals surface area (Å²) < 4.78 is 0. The summed E-state index contributed by atoms with van der Waals surface area (Å²) >= 11 is 7.68. The molecule has 1 atom stereocenters. The first-order valence-corrected chi connectivity index (χ1v) is 10.2. The molecule has 2 heterocycles. The number of hydrogen-bond donors (Lipinski definition) is 2. The molecule has 3 aromatic rings. The lowest BCUT2D eigenvalue weighted by molar-refractivity contribution is -0.115. The van der Waals surface area contributed by atoms with E-state index in [4.69, 9.17) is 11.6 Å². The Kier molecular flexibility index (Phi) is 6.98. The number of aromatic nitrogens is 1. The zero-order valence-corrected chi connectivity index (χ0v) is 16.7. The summed E-state index contributed by atoms with van der Waals surface area (Å²) in [6.07, 6.45) is 3.79. The lowest BCUT2D eigenvalue weighted by atomic mass is 10.0. The van der Waals surface area contributed by atoms with Gasteiger partial charge < -0.3 is 5.32 Å². The molecule has 0 radical (unpaired) electrons. The number of halogens is 1. The van der Waals surface area contributed by atoms with Gasteiger partial charge in [0.25, 0.3) is 0 Å². The number of hydrogen-bond acceptors (Lipinski definition) is 4. The average Bonchev–Trinajstić information content (AvgIpc) is 3.20. The maximum atomic E-state index is 12.4. The van der Waals surface area contributed by atoms with E-state index in [0.29, 0.717) is 5.69 Å². The van der Waals surface area contributed by atoms with Crippen molar-refractivity contribution in [2.45, 2.75) is 25.8 Å². The summed E-state index contributed by atoms with van der Waals surface area (Å²) in [6, 6.07) is 16.1. The quantitative estimate of drug-likeness (QED) is 0.520. The van der Waals surface area contributed by atoms with Crippen LogP contribution in [0.25, 0.3) is 0 Å². The fourth-order valence-electron chi connectivity index (χ4n) is 2.87. The Morgan fingerprint density at radius 2 is 2.00 bits per heavy atom. The number of aryl methyl sites for hydroxylation is 1. The fourth-order valence-corrected chi connectivity index (χ4v) is 3.87. The Labute approximate surface area is 168 Å². The van der Waals surface area contributed by atoms with E-state index < -0.39 is 0 Å². The normalized spacial score (nSPS) is 11.9. The van der Waals surface area contributed by atoms with Gasteiger partial charge in [0, 0.05) is 11.1 Å². The molecule has 1 aromatic carbocycles. The number of thiophene rings is 1. The van der Waals surface area contributed by atoms with Crippen molar-refractivity contribution in [3.63, 3.8) is 0 Å². The van der Waals surface area contributed by atoms with Crippen LogP contribution in [0.1, 0.15) is 35.4 Å². The number of carbonyl (C=O) groups is 1. The monoisotopic (exact) mass is 399 g/mol. The van der Waals surface area contributed by atoms with Crippen LogP contribution >= 0.6 is 22.9 Å². The number of nitrogens with zero attached hydrogens (tertiary/aromatic N) is 1. The molecule has 140 valence electrons. The first kappa shape index (κ1) is 19.5. The molecule has 0 saturated heterocycles. The second kappa shape index (κ2) is 9.65. The highest BCUT2D eigenvalue weighted by molar-refractivity contribution is 7.10. The fraction of sp³-hybridized carbons (Fsp3) is 0.238. The van der Waals surface area contributed by atoms with Gasteiger partial charge in [-0.3, -0.25) is 10.1 Å². The molecule has 27 heavy (non-hydrogen) atoms. The van der Waals surface area contributed by atoms with Gasteiger partial charge in [-0.05, 0) is 41.1 Å². The summed E-state index contributed by atoms with van der Waals surface area (Å²) in [5, 5.41) is 8.49.